The fourth-order valence-corrected chi connectivity index (χ4v) is 2.86. The largest absolute Gasteiger partial charge is 0.113 e. The highest BCUT2D eigenvalue weighted by molar-refractivity contribution is 14.1. The van der Waals surface area contributed by atoms with E-state index in [2.05, 4.69) is 54.6 Å². The maximum Gasteiger partial charge on any atom is 0.0838 e. The monoisotopic (exact) mass is 390 g/mol. The van der Waals surface area contributed by atoms with E-state index in [1.54, 1.807) is 0 Å². The van der Waals surface area contributed by atoms with Gasteiger partial charge in [-0.25, -0.2) is 0 Å². The Bertz CT molecular complexity index is 579. The first-order valence-corrected chi connectivity index (χ1v) is 7.54. The van der Waals surface area contributed by atoms with Crippen molar-refractivity contribution in [3.8, 4) is 0 Å². The molecule has 0 radical (unpaired) electrons. The van der Waals surface area contributed by atoms with Gasteiger partial charge in [-0.05, 0) is 65.3 Å². The van der Waals surface area contributed by atoms with Crippen molar-refractivity contribution in [3.63, 3.8) is 0 Å². The summed E-state index contributed by atoms with van der Waals surface area (Å²) in [6.07, 6.45) is 0. The molecule has 2 aromatic rings. The summed E-state index contributed by atoms with van der Waals surface area (Å²) in [6.45, 7) is 4.17. The minimum Gasteiger partial charge on any atom is -0.113 e. The van der Waals surface area contributed by atoms with Crippen molar-refractivity contribution in [2.75, 3.05) is 0 Å². The average Bonchev–Trinajstić information content (AvgIpc) is 2.32. The van der Waals surface area contributed by atoms with Crippen LogP contribution >= 0.6 is 45.8 Å². The molecular formula is C15H13Cl2I. The van der Waals surface area contributed by atoms with Crippen LogP contribution in [0, 0.1) is 17.4 Å². The van der Waals surface area contributed by atoms with Gasteiger partial charge in [0.05, 0.1) is 10.4 Å². The Balaban J connectivity index is 2.41. The van der Waals surface area contributed by atoms with Gasteiger partial charge in [0, 0.05) is 3.57 Å². The van der Waals surface area contributed by atoms with Gasteiger partial charge in [0.1, 0.15) is 0 Å². The van der Waals surface area contributed by atoms with Gasteiger partial charge in [-0.3, -0.25) is 0 Å². The Hall–Kier alpha value is -0.250. The minimum absolute atomic E-state index is 0.153. The highest BCUT2D eigenvalue weighted by Gasteiger charge is 2.14. The predicted molar refractivity (Wildman–Crippen MR) is 87.8 cm³/mol. The van der Waals surface area contributed by atoms with Gasteiger partial charge in [-0.2, -0.15) is 0 Å². The molecule has 0 aliphatic rings. The van der Waals surface area contributed by atoms with Gasteiger partial charge in [0.25, 0.3) is 0 Å². The van der Waals surface area contributed by atoms with Crippen molar-refractivity contribution in [2.45, 2.75) is 19.2 Å². The smallest absolute Gasteiger partial charge is 0.0838 e. The molecule has 1 atom stereocenters. The topological polar surface area (TPSA) is 0 Å². The van der Waals surface area contributed by atoms with Crippen molar-refractivity contribution >= 4 is 45.8 Å². The standard InChI is InChI=1S/C15H13Cl2I/c1-9-3-5-12(10(2)7-9)15(17)11-4-6-14(18)13(16)8-11/h3-8,15H,1-2H3. The number of rotatable bonds is 2. The zero-order valence-corrected chi connectivity index (χ0v) is 13.8. The molecular weight excluding hydrogens is 378 g/mol. The van der Waals surface area contributed by atoms with Crippen molar-refractivity contribution in [3.05, 3.63) is 67.2 Å². The average molecular weight is 391 g/mol. The molecule has 0 aliphatic heterocycles. The van der Waals surface area contributed by atoms with Gasteiger partial charge in [0.15, 0.2) is 0 Å². The van der Waals surface area contributed by atoms with Gasteiger partial charge >= 0.3 is 0 Å². The van der Waals surface area contributed by atoms with Crippen molar-refractivity contribution < 1.29 is 0 Å². The van der Waals surface area contributed by atoms with Crippen LogP contribution in [0.25, 0.3) is 0 Å². The Morgan fingerprint density at radius 3 is 2.39 bits per heavy atom. The summed E-state index contributed by atoms with van der Waals surface area (Å²) in [6, 6.07) is 12.3. The van der Waals surface area contributed by atoms with Crippen LogP contribution in [0.1, 0.15) is 27.6 Å². The zero-order valence-electron chi connectivity index (χ0n) is 10.2. The Morgan fingerprint density at radius 2 is 1.78 bits per heavy atom. The molecule has 1 unspecified atom stereocenters. The first-order valence-electron chi connectivity index (χ1n) is 5.65. The van der Waals surface area contributed by atoms with E-state index in [4.69, 9.17) is 23.2 Å². The third-order valence-corrected chi connectivity index (χ3v) is 4.99. The molecule has 18 heavy (non-hydrogen) atoms. The first kappa shape index (κ1) is 14.2. The number of benzene rings is 2. The fraction of sp³-hybridized carbons (Fsp3) is 0.200. The zero-order chi connectivity index (χ0) is 13.3. The molecule has 0 saturated heterocycles. The van der Waals surface area contributed by atoms with Crippen LogP contribution in [-0.2, 0) is 0 Å². The van der Waals surface area contributed by atoms with E-state index in [9.17, 15) is 0 Å². The second kappa shape index (κ2) is 5.81. The van der Waals surface area contributed by atoms with Crippen LogP contribution in [-0.4, -0.2) is 0 Å². The molecule has 0 nitrogen and oxygen atoms in total. The van der Waals surface area contributed by atoms with Crippen molar-refractivity contribution in [1.82, 2.24) is 0 Å². The molecule has 0 aromatic heterocycles. The number of hydrogen-bond acceptors (Lipinski definition) is 0. The number of aryl methyl sites for hydroxylation is 2. The molecule has 2 rings (SSSR count). The van der Waals surface area contributed by atoms with Crippen molar-refractivity contribution in [1.29, 1.82) is 0 Å². The Morgan fingerprint density at radius 1 is 1.06 bits per heavy atom. The summed E-state index contributed by atoms with van der Waals surface area (Å²) in [7, 11) is 0. The molecule has 0 fully saturated rings. The molecule has 0 heterocycles. The molecule has 0 N–H and O–H groups in total. The predicted octanol–water partition coefficient (Wildman–Crippen LogP) is 5.89. The number of alkyl halides is 1. The van der Waals surface area contributed by atoms with Crippen LogP contribution in [0.3, 0.4) is 0 Å². The summed E-state index contributed by atoms with van der Waals surface area (Å²) >= 11 is 14.9. The number of hydrogen-bond donors (Lipinski definition) is 0. The van der Waals surface area contributed by atoms with E-state index in [1.807, 2.05) is 18.2 Å². The number of halogens is 3. The lowest BCUT2D eigenvalue weighted by Crippen LogP contribution is -1.97. The van der Waals surface area contributed by atoms with E-state index >= 15 is 0 Å². The molecule has 0 amide bonds. The minimum atomic E-state index is -0.153. The molecule has 2 aromatic carbocycles. The van der Waals surface area contributed by atoms with Crippen LogP contribution < -0.4 is 0 Å². The lowest BCUT2D eigenvalue weighted by molar-refractivity contribution is 1.10. The molecule has 0 aliphatic carbocycles. The lowest BCUT2D eigenvalue weighted by atomic mass is 9.98. The summed E-state index contributed by atoms with van der Waals surface area (Å²) in [5.41, 5.74) is 4.64. The maximum absolute atomic E-state index is 6.55. The van der Waals surface area contributed by atoms with Crippen molar-refractivity contribution in [2.24, 2.45) is 0 Å². The SMILES string of the molecule is Cc1ccc(C(Cl)c2ccc(I)c(Cl)c2)c(C)c1. The molecule has 0 spiro atoms. The van der Waals surface area contributed by atoms with Gasteiger partial charge in [0.2, 0.25) is 0 Å². The second-order valence-electron chi connectivity index (χ2n) is 4.40. The summed E-state index contributed by atoms with van der Waals surface area (Å²) in [5.74, 6) is 0. The van der Waals surface area contributed by atoms with Crippen LogP contribution in [0.4, 0.5) is 0 Å². The van der Waals surface area contributed by atoms with E-state index < -0.39 is 0 Å². The van der Waals surface area contributed by atoms with Crippen LogP contribution in [0.2, 0.25) is 5.02 Å². The highest BCUT2D eigenvalue weighted by Crippen LogP contribution is 2.33. The summed E-state index contributed by atoms with van der Waals surface area (Å²) in [5, 5.41) is 0.601. The molecule has 94 valence electrons. The van der Waals surface area contributed by atoms with E-state index in [1.165, 1.54) is 11.1 Å². The maximum atomic E-state index is 6.55. The molecule has 0 bridgehead atoms. The van der Waals surface area contributed by atoms with E-state index in [-0.39, 0.29) is 5.38 Å². The third kappa shape index (κ3) is 3.01. The second-order valence-corrected chi connectivity index (χ2v) is 6.40. The Kier molecular flexibility index (Phi) is 4.57. The Labute approximate surface area is 131 Å². The normalized spacial score (nSPS) is 12.5. The van der Waals surface area contributed by atoms with Gasteiger partial charge in [-0.1, -0.05) is 41.4 Å². The fourth-order valence-electron chi connectivity index (χ4n) is 1.96. The van der Waals surface area contributed by atoms with E-state index in [0.717, 1.165) is 19.7 Å². The quantitative estimate of drug-likeness (QED) is 0.443. The lowest BCUT2D eigenvalue weighted by Gasteiger charge is -2.14. The molecule has 3 heteroatoms. The van der Waals surface area contributed by atoms with Crippen LogP contribution in [0.5, 0.6) is 0 Å². The van der Waals surface area contributed by atoms with E-state index in [0.29, 0.717) is 0 Å². The summed E-state index contributed by atoms with van der Waals surface area (Å²) < 4.78 is 1.04. The summed E-state index contributed by atoms with van der Waals surface area (Å²) in [4.78, 5) is 0. The van der Waals surface area contributed by atoms with Gasteiger partial charge < -0.3 is 0 Å². The molecule has 0 saturated carbocycles. The van der Waals surface area contributed by atoms with Gasteiger partial charge in [-0.15, -0.1) is 11.6 Å². The third-order valence-electron chi connectivity index (χ3n) is 2.93. The van der Waals surface area contributed by atoms with Crippen LogP contribution in [0.15, 0.2) is 36.4 Å². The highest BCUT2D eigenvalue weighted by atomic mass is 127. The first-order chi connectivity index (χ1) is 8.49.